The first-order valence-corrected chi connectivity index (χ1v) is 7.15. The first-order chi connectivity index (χ1) is 8.30. The van der Waals surface area contributed by atoms with Gasteiger partial charge in [-0.2, -0.15) is 17.2 Å². The second-order valence-electron chi connectivity index (χ2n) is 4.39. The molecule has 0 heterocycles. The van der Waals surface area contributed by atoms with E-state index in [2.05, 4.69) is 8.92 Å². The summed E-state index contributed by atoms with van der Waals surface area (Å²) in [5.41, 5.74) is 0. The second-order valence-corrected chi connectivity index (χ2v) is 6.22. The van der Waals surface area contributed by atoms with E-state index in [1.54, 1.807) is 0 Å². The lowest BCUT2D eigenvalue weighted by molar-refractivity contribution is -0.0570. The van der Waals surface area contributed by atoms with Crippen molar-refractivity contribution < 1.29 is 31.2 Å². The predicted molar refractivity (Wildman–Crippen MR) is 59.7 cm³/mol. The standard InChI is InChI=1S/C10H18F2O5S/c1-16-18(14,15)10(11,12)7-17-6-9(13)8-4-2-3-5-8/h8-9,13H,2-7H2,1H3. The second kappa shape index (κ2) is 6.23. The zero-order chi connectivity index (χ0) is 13.8. The largest absolute Gasteiger partial charge is 0.392 e. The molecule has 0 aromatic carbocycles. The van der Waals surface area contributed by atoms with Crippen LogP contribution in [0.2, 0.25) is 0 Å². The Bertz CT molecular complexity index is 351. The van der Waals surface area contributed by atoms with Crippen LogP contribution < -0.4 is 0 Å². The lowest BCUT2D eigenvalue weighted by Gasteiger charge is -2.20. The van der Waals surface area contributed by atoms with E-state index in [0.717, 1.165) is 25.7 Å². The minimum atomic E-state index is -4.95. The SMILES string of the molecule is COS(=O)(=O)C(F)(F)COCC(O)C1CCCC1. The summed E-state index contributed by atoms with van der Waals surface area (Å²) in [6, 6.07) is 0. The minimum Gasteiger partial charge on any atom is -0.390 e. The van der Waals surface area contributed by atoms with Crippen molar-refractivity contribution in [3.05, 3.63) is 0 Å². The van der Waals surface area contributed by atoms with Gasteiger partial charge in [0, 0.05) is 0 Å². The van der Waals surface area contributed by atoms with Gasteiger partial charge in [0.15, 0.2) is 0 Å². The molecule has 8 heteroatoms. The summed E-state index contributed by atoms with van der Waals surface area (Å²) in [5.74, 6) is 0.0534. The smallest absolute Gasteiger partial charge is 0.390 e. The third-order valence-corrected chi connectivity index (χ3v) is 4.38. The summed E-state index contributed by atoms with van der Waals surface area (Å²) in [4.78, 5) is 0. The van der Waals surface area contributed by atoms with E-state index in [1.807, 2.05) is 0 Å². The number of ether oxygens (including phenoxy) is 1. The summed E-state index contributed by atoms with van der Waals surface area (Å²) in [7, 11) is -4.29. The summed E-state index contributed by atoms with van der Waals surface area (Å²) in [6.07, 6.45) is 2.88. The molecule has 0 amide bonds. The molecular formula is C10H18F2O5S. The first-order valence-electron chi connectivity index (χ1n) is 5.74. The van der Waals surface area contributed by atoms with Gasteiger partial charge in [0.25, 0.3) is 0 Å². The van der Waals surface area contributed by atoms with Gasteiger partial charge in [-0.05, 0) is 18.8 Å². The summed E-state index contributed by atoms with van der Waals surface area (Å²) in [5, 5.41) is 5.56. The molecule has 0 bridgehead atoms. The van der Waals surface area contributed by atoms with E-state index in [1.165, 1.54) is 0 Å². The van der Waals surface area contributed by atoms with Crippen LogP contribution in [0.5, 0.6) is 0 Å². The van der Waals surface area contributed by atoms with E-state index in [-0.39, 0.29) is 12.5 Å². The van der Waals surface area contributed by atoms with Crippen LogP contribution in [0, 0.1) is 5.92 Å². The highest BCUT2D eigenvalue weighted by molar-refractivity contribution is 7.87. The number of hydrogen-bond acceptors (Lipinski definition) is 5. The van der Waals surface area contributed by atoms with Crippen LogP contribution in [-0.4, -0.2) is 45.2 Å². The van der Waals surface area contributed by atoms with E-state index >= 15 is 0 Å². The van der Waals surface area contributed by atoms with Crippen molar-refractivity contribution in [2.24, 2.45) is 5.92 Å². The molecule has 1 aliphatic rings. The molecule has 0 aromatic rings. The Hall–Kier alpha value is -0.310. The molecule has 0 aliphatic heterocycles. The Balaban J connectivity index is 2.36. The third-order valence-electron chi connectivity index (χ3n) is 3.09. The van der Waals surface area contributed by atoms with Gasteiger partial charge in [-0.25, -0.2) is 0 Å². The van der Waals surface area contributed by atoms with E-state index < -0.39 is 28.1 Å². The Morgan fingerprint density at radius 3 is 2.44 bits per heavy atom. The highest BCUT2D eigenvalue weighted by atomic mass is 32.2. The van der Waals surface area contributed by atoms with Crippen LogP contribution in [0.4, 0.5) is 8.78 Å². The molecule has 0 saturated heterocycles. The van der Waals surface area contributed by atoms with E-state index in [0.29, 0.717) is 7.11 Å². The van der Waals surface area contributed by atoms with Crippen molar-refractivity contribution in [3.8, 4) is 0 Å². The van der Waals surface area contributed by atoms with Gasteiger partial charge in [-0.3, -0.25) is 4.18 Å². The van der Waals surface area contributed by atoms with Crippen molar-refractivity contribution in [1.82, 2.24) is 0 Å². The third kappa shape index (κ3) is 3.84. The van der Waals surface area contributed by atoms with Crippen LogP contribution in [0.15, 0.2) is 0 Å². The van der Waals surface area contributed by atoms with Gasteiger partial charge in [-0.1, -0.05) is 12.8 Å². The van der Waals surface area contributed by atoms with E-state index in [9.17, 15) is 22.3 Å². The average molecular weight is 288 g/mol. The maximum atomic E-state index is 13.1. The quantitative estimate of drug-likeness (QED) is 0.711. The van der Waals surface area contributed by atoms with Crippen LogP contribution in [-0.2, 0) is 19.0 Å². The molecule has 5 nitrogen and oxygen atoms in total. The lowest BCUT2D eigenvalue weighted by atomic mass is 10.0. The van der Waals surface area contributed by atoms with Crippen LogP contribution in [0.25, 0.3) is 0 Å². The average Bonchev–Trinajstić information content (AvgIpc) is 2.81. The first kappa shape index (κ1) is 15.7. The fourth-order valence-electron chi connectivity index (χ4n) is 1.97. The van der Waals surface area contributed by atoms with Crippen LogP contribution >= 0.6 is 0 Å². The minimum absolute atomic E-state index is 0.0534. The normalized spacial score (nSPS) is 20.2. The van der Waals surface area contributed by atoms with Crippen molar-refractivity contribution >= 4 is 10.1 Å². The molecule has 18 heavy (non-hydrogen) atoms. The Morgan fingerprint density at radius 2 is 1.94 bits per heavy atom. The number of halogens is 2. The van der Waals surface area contributed by atoms with Gasteiger partial charge >= 0.3 is 15.4 Å². The highest BCUT2D eigenvalue weighted by Crippen LogP contribution is 2.28. The topological polar surface area (TPSA) is 72.8 Å². The Kier molecular flexibility index (Phi) is 5.45. The zero-order valence-corrected chi connectivity index (χ0v) is 11.0. The summed E-state index contributed by atoms with van der Waals surface area (Å²) < 4.78 is 56.2. The number of aliphatic hydroxyl groups is 1. The molecule has 1 rings (SSSR count). The Labute approximate surface area is 105 Å². The maximum Gasteiger partial charge on any atom is 0.392 e. The monoisotopic (exact) mass is 288 g/mol. The number of hydrogen-bond donors (Lipinski definition) is 1. The molecule has 0 aromatic heterocycles. The fourth-order valence-corrected chi connectivity index (χ4v) is 2.44. The summed E-state index contributed by atoms with van der Waals surface area (Å²) in [6.45, 7) is -1.60. The van der Waals surface area contributed by atoms with Crippen molar-refractivity contribution in [2.75, 3.05) is 20.3 Å². The van der Waals surface area contributed by atoms with Crippen molar-refractivity contribution in [1.29, 1.82) is 0 Å². The van der Waals surface area contributed by atoms with Crippen molar-refractivity contribution in [3.63, 3.8) is 0 Å². The molecule has 1 saturated carbocycles. The maximum absolute atomic E-state index is 13.1. The highest BCUT2D eigenvalue weighted by Gasteiger charge is 2.46. The number of aliphatic hydroxyl groups excluding tert-OH is 1. The molecule has 1 aliphatic carbocycles. The Morgan fingerprint density at radius 1 is 1.39 bits per heavy atom. The van der Waals surface area contributed by atoms with Gasteiger partial charge in [0.1, 0.15) is 6.61 Å². The molecule has 1 N–H and O–H groups in total. The molecule has 0 spiro atoms. The van der Waals surface area contributed by atoms with Gasteiger partial charge in [-0.15, -0.1) is 0 Å². The van der Waals surface area contributed by atoms with E-state index in [4.69, 9.17) is 0 Å². The van der Waals surface area contributed by atoms with Gasteiger partial charge < -0.3 is 9.84 Å². The van der Waals surface area contributed by atoms with Crippen LogP contribution in [0.3, 0.4) is 0 Å². The molecule has 108 valence electrons. The van der Waals surface area contributed by atoms with Gasteiger partial charge in [0.05, 0.1) is 19.8 Å². The zero-order valence-electron chi connectivity index (χ0n) is 10.1. The molecule has 1 unspecified atom stereocenters. The van der Waals surface area contributed by atoms with Gasteiger partial charge in [0.2, 0.25) is 0 Å². The summed E-state index contributed by atoms with van der Waals surface area (Å²) >= 11 is 0. The van der Waals surface area contributed by atoms with Crippen LogP contribution in [0.1, 0.15) is 25.7 Å². The molecule has 1 atom stereocenters. The van der Waals surface area contributed by atoms with Crippen molar-refractivity contribution in [2.45, 2.75) is 37.0 Å². The fraction of sp³-hybridized carbons (Fsp3) is 1.00. The lowest BCUT2D eigenvalue weighted by Crippen LogP contribution is -2.36. The number of rotatable bonds is 7. The number of alkyl halides is 2. The predicted octanol–water partition coefficient (Wildman–Crippen LogP) is 1.12. The molecular weight excluding hydrogens is 270 g/mol. The molecule has 0 radical (unpaired) electrons. The molecule has 1 fully saturated rings.